The molecule has 0 spiro atoms. The molecule has 84 valence electrons. The first-order valence-corrected chi connectivity index (χ1v) is 5.75. The van der Waals surface area contributed by atoms with Crippen molar-refractivity contribution in [3.63, 3.8) is 0 Å². The average Bonchev–Trinajstić information content (AvgIpc) is 2.22. The zero-order chi connectivity index (χ0) is 11.5. The fraction of sp³-hybridized carbons (Fsp3) is 0.308. The van der Waals surface area contributed by atoms with E-state index in [1.54, 1.807) is 0 Å². The van der Waals surface area contributed by atoms with Gasteiger partial charge >= 0.3 is 0 Å². The fourth-order valence-corrected chi connectivity index (χ4v) is 2.23. The summed E-state index contributed by atoms with van der Waals surface area (Å²) in [5.41, 5.74) is 1.26. The van der Waals surface area contributed by atoms with Crippen molar-refractivity contribution in [3.05, 3.63) is 47.5 Å². The van der Waals surface area contributed by atoms with E-state index >= 15 is 0 Å². The van der Waals surface area contributed by atoms with Gasteiger partial charge in [0, 0.05) is 11.1 Å². The van der Waals surface area contributed by atoms with Crippen LogP contribution in [0.3, 0.4) is 0 Å². The minimum absolute atomic E-state index is 0.0884. The quantitative estimate of drug-likeness (QED) is 0.802. The molecule has 2 rings (SSSR count). The van der Waals surface area contributed by atoms with Crippen molar-refractivity contribution >= 4 is 17.5 Å². The molecule has 0 heterocycles. The van der Waals surface area contributed by atoms with E-state index in [0.29, 0.717) is 5.92 Å². The lowest BCUT2D eigenvalue weighted by Crippen LogP contribution is -2.42. The van der Waals surface area contributed by atoms with E-state index in [1.165, 1.54) is 11.6 Å². The van der Waals surface area contributed by atoms with Crippen LogP contribution in [0.4, 0.5) is 0 Å². The van der Waals surface area contributed by atoms with Crippen molar-refractivity contribution in [2.45, 2.75) is 24.8 Å². The van der Waals surface area contributed by atoms with Gasteiger partial charge in [0.2, 0.25) is 5.91 Å². The maximum atomic E-state index is 11.1. The van der Waals surface area contributed by atoms with E-state index in [0.717, 1.165) is 17.9 Å². The predicted octanol–water partition coefficient (Wildman–Crippen LogP) is 2.89. The lowest BCUT2D eigenvalue weighted by molar-refractivity contribution is -0.117. The number of halogens is 1. The smallest absolute Gasteiger partial charge is 0.243 e. The second-order valence-electron chi connectivity index (χ2n) is 4.13. The third-order valence-corrected chi connectivity index (χ3v) is 3.23. The van der Waals surface area contributed by atoms with Crippen LogP contribution in [0.5, 0.6) is 0 Å². The Balaban J connectivity index is 1.88. The average molecular weight is 236 g/mol. The summed E-state index contributed by atoms with van der Waals surface area (Å²) in [5, 5.41) is 3.66. The zero-order valence-electron chi connectivity index (χ0n) is 8.95. The molecular formula is C13H14ClNO. The van der Waals surface area contributed by atoms with E-state index in [2.05, 4.69) is 18.0 Å². The molecule has 1 aliphatic carbocycles. The van der Waals surface area contributed by atoms with Crippen molar-refractivity contribution in [1.29, 1.82) is 0 Å². The third kappa shape index (κ3) is 2.45. The summed E-state index contributed by atoms with van der Waals surface area (Å²) in [4.78, 5) is 11.1. The molecule has 1 aliphatic rings. The number of nitrogens with one attached hydrogen (secondary N) is 1. The van der Waals surface area contributed by atoms with Gasteiger partial charge in [0.05, 0.1) is 0 Å². The van der Waals surface area contributed by atoms with Crippen molar-refractivity contribution in [2.24, 2.45) is 0 Å². The van der Waals surface area contributed by atoms with Gasteiger partial charge in [-0.05, 0) is 42.5 Å². The number of hydrogen-bond donors (Lipinski definition) is 1. The van der Waals surface area contributed by atoms with Crippen LogP contribution in [0.15, 0.2) is 36.9 Å². The Hall–Kier alpha value is -1.28. The normalized spacial score (nSPS) is 23.3. The Bertz CT molecular complexity index is 410. The van der Waals surface area contributed by atoms with Crippen LogP contribution >= 0.6 is 11.6 Å². The molecule has 0 aliphatic heterocycles. The largest absolute Gasteiger partial charge is 0.350 e. The molecule has 1 amide bonds. The maximum Gasteiger partial charge on any atom is 0.243 e. The summed E-state index contributed by atoms with van der Waals surface area (Å²) in [7, 11) is 0. The first-order valence-electron chi connectivity index (χ1n) is 5.37. The maximum absolute atomic E-state index is 11.1. The molecule has 0 aromatic heterocycles. The van der Waals surface area contributed by atoms with Gasteiger partial charge in [-0.25, -0.2) is 0 Å². The number of hydrogen-bond acceptors (Lipinski definition) is 1. The van der Waals surface area contributed by atoms with Crippen LogP contribution in [0, 0.1) is 0 Å². The molecule has 0 atom stereocenters. The van der Waals surface area contributed by atoms with Crippen molar-refractivity contribution in [3.8, 4) is 0 Å². The van der Waals surface area contributed by atoms with Crippen LogP contribution in [0.25, 0.3) is 0 Å². The van der Waals surface area contributed by atoms with E-state index in [9.17, 15) is 4.79 Å². The van der Waals surface area contributed by atoms with Gasteiger partial charge in [-0.2, -0.15) is 0 Å². The second kappa shape index (κ2) is 4.71. The Morgan fingerprint density at radius 1 is 1.50 bits per heavy atom. The van der Waals surface area contributed by atoms with Crippen LogP contribution in [-0.2, 0) is 4.79 Å². The van der Waals surface area contributed by atoms with E-state index in [4.69, 9.17) is 11.6 Å². The third-order valence-electron chi connectivity index (χ3n) is 2.99. The monoisotopic (exact) mass is 235 g/mol. The summed E-state index contributed by atoms with van der Waals surface area (Å²) in [6.45, 7) is 3.43. The zero-order valence-corrected chi connectivity index (χ0v) is 9.70. The highest BCUT2D eigenvalue weighted by Gasteiger charge is 2.30. The minimum Gasteiger partial charge on any atom is -0.350 e. The van der Waals surface area contributed by atoms with E-state index in [-0.39, 0.29) is 11.9 Å². The molecule has 0 saturated heterocycles. The first kappa shape index (κ1) is 11.2. The summed E-state index contributed by atoms with van der Waals surface area (Å²) < 4.78 is 0. The number of carbonyl (C=O) groups is 1. The highest BCUT2D eigenvalue weighted by Crippen LogP contribution is 2.37. The van der Waals surface area contributed by atoms with Gasteiger partial charge < -0.3 is 5.32 Å². The number of carbonyl (C=O) groups excluding carboxylic acids is 1. The first-order chi connectivity index (χ1) is 7.69. The summed E-state index contributed by atoms with van der Waals surface area (Å²) >= 11 is 5.93. The molecule has 1 N–H and O–H groups in total. The number of benzene rings is 1. The Morgan fingerprint density at radius 2 is 2.25 bits per heavy atom. The molecule has 0 bridgehead atoms. The predicted molar refractivity (Wildman–Crippen MR) is 65.6 cm³/mol. The summed E-state index contributed by atoms with van der Waals surface area (Å²) in [5.74, 6) is 0.434. The molecular weight excluding hydrogens is 222 g/mol. The highest BCUT2D eigenvalue weighted by atomic mass is 35.5. The molecule has 3 heteroatoms. The molecule has 1 saturated carbocycles. The molecule has 16 heavy (non-hydrogen) atoms. The lowest BCUT2D eigenvalue weighted by atomic mass is 9.76. The molecule has 1 aromatic carbocycles. The standard InChI is InChI=1S/C13H14ClNO/c1-2-13(16)15-12-7-10(8-12)9-4-3-5-11(14)6-9/h2-6,10,12H,1,7-8H2,(H,15,16). The van der Waals surface area contributed by atoms with Crippen LogP contribution in [0.2, 0.25) is 5.02 Å². The molecule has 1 fully saturated rings. The van der Waals surface area contributed by atoms with Gasteiger partial charge in [0.1, 0.15) is 0 Å². The van der Waals surface area contributed by atoms with Gasteiger partial charge in [-0.3, -0.25) is 4.79 Å². The van der Waals surface area contributed by atoms with E-state index in [1.807, 2.05) is 18.2 Å². The molecule has 2 nitrogen and oxygen atoms in total. The van der Waals surface area contributed by atoms with Gasteiger partial charge in [0.15, 0.2) is 0 Å². The van der Waals surface area contributed by atoms with Gasteiger partial charge in [-0.1, -0.05) is 30.3 Å². The molecule has 0 unspecified atom stereocenters. The minimum atomic E-state index is -0.0884. The second-order valence-corrected chi connectivity index (χ2v) is 4.57. The fourth-order valence-electron chi connectivity index (χ4n) is 2.03. The molecule has 0 radical (unpaired) electrons. The van der Waals surface area contributed by atoms with Gasteiger partial charge in [-0.15, -0.1) is 0 Å². The summed E-state index contributed by atoms with van der Waals surface area (Å²) in [6, 6.07) is 8.21. The SMILES string of the molecule is C=CC(=O)NC1CC(c2cccc(Cl)c2)C1. The Kier molecular flexibility index (Phi) is 3.30. The number of rotatable bonds is 3. The van der Waals surface area contributed by atoms with Crippen LogP contribution < -0.4 is 5.32 Å². The van der Waals surface area contributed by atoms with Crippen LogP contribution in [0.1, 0.15) is 24.3 Å². The Labute approximate surface area is 100 Å². The van der Waals surface area contributed by atoms with Gasteiger partial charge in [0.25, 0.3) is 0 Å². The highest BCUT2D eigenvalue weighted by molar-refractivity contribution is 6.30. The van der Waals surface area contributed by atoms with Crippen molar-refractivity contribution in [1.82, 2.24) is 5.32 Å². The van der Waals surface area contributed by atoms with Crippen molar-refractivity contribution in [2.75, 3.05) is 0 Å². The van der Waals surface area contributed by atoms with Crippen molar-refractivity contribution < 1.29 is 4.79 Å². The molecule has 1 aromatic rings. The van der Waals surface area contributed by atoms with Crippen LogP contribution in [-0.4, -0.2) is 11.9 Å². The van der Waals surface area contributed by atoms with E-state index < -0.39 is 0 Å². The topological polar surface area (TPSA) is 29.1 Å². The lowest BCUT2D eigenvalue weighted by Gasteiger charge is -2.36. The summed E-state index contributed by atoms with van der Waals surface area (Å²) in [6.07, 6.45) is 3.28. The Morgan fingerprint density at radius 3 is 2.88 bits per heavy atom. The number of amides is 1.